The smallest absolute Gasteiger partial charge is 0.120 e. The zero-order chi connectivity index (χ0) is 13.6. The minimum Gasteiger partial charge on any atom is -0.396 e. The highest BCUT2D eigenvalue weighted by Gasteiger charge is 1.91. The van der Waals surface area contributed by atoms with Gasteiger partial charge in [0.25, 0.3) is 0 Å². The Morgan fingerprint density at radius 1 is 1.22 bits per heavy atom. The number of aryl methyl sites for hydroxylation is 2. The van der Waals surface area contributed by atoms with Crippen LogP contribution in [0.2, 0.25) is 0 Å². The average molecular weight is 251 g/mol. The first-order chi connectivity index (χ1) is 8.74. The van der Waals surface area contributed by atoms with Crippen molar-refractivity contribution in [3.05, 3.63) is 35.4 Å². The van der Waals surface area contributed by atoms with Gasteiger partial charge in [-0.25, -0.2) is 0 Å². The van der Waals surface area contributed by atoms with E-state index < -0.39 is 0 Å². The second kappa shape index (κ2) is 12.3. The Morgan fingerprint density at radius 3 is 2.33 bits per heavy atom. The minimum atomic E-state index is 0.292. The van der Waals surface area contributed by atoms with Gasteiger partial charge in [0, 0.05) is 13.0 Å². The summed E-state index contributed by atoms with van der Waals surface area (Å²) in [5.74, 6) is 0. The normalized spacial score (nSPS) is 9.50. The third-order valence-electron chi connectivity index (χ3n) is 2.49. The van der Waals surface area contributed by atoms with E-state index in [1.165, 1.54) is 11.1 Å². The zero-order valence-corrected chi connectivity index (χ0v) is 11.5. The van der Waals surface area contributed by atoms with Gasteiger partial charge >= 0.3 is 0 Å². The van der Waals surface area contributed by atoms with Crippen molar-refractivity contribution in [2.45, 2.75) is 32.6 Å². The molecule has 0 fully saturated rings. The molecule has 1 aromatic carbocycles. The molecule has 18 heavy (non-hydrogen) atoms. The lowest BCUT2D eigenvalue weighted by atomic mass is 10.1. The number of rotatable bonds is 7. The van der Waals surface area contributed by atoms with Crippen molar-refractivity contribution < 1.29 is 9.90 Å². The van der Waals surface area contributed by atoms with Crippen LogP contribution in [0.25, 0.3) is 0 Å². The quantitative estimate of drug-likeness (QED) is 0.576. The molecule has 0 atom stereocenters. The number of hydrogen-bond donors (Lipinski definition) is 2. The number of hydrogen-bond acceptors (Lipinski definition) is 3. The highest BCUT2D eigenvalue weighted by molar-refractivity contribution is 5.49. The molecular weight excluding hydrogens is 226 g/mol. The van der Waals surface area contributed by atoms with Gasteiger partial charge in [-0.05, 0) is 45.3 Å². The monoisotopic (exact) mass is 251 g/mol. The van der Waals surface area contributed by atoms with E-state index in [0.717, 1.165) is 32.1 Å². The van der Waals surface area contributed by atoms with E-state index in [2.05, 4.69) is 36.5 Å². The molecular formula is C15H25NO2. The lowest BCUT2D eigenvalue weighted by Crippen LogP contribution is -2.08. The van der Waals surface area contributed by atoms with Crippen molar-refractivity contribution in [1.29, 1.82) is 0 Å². The summed E-state index contributed by atoms with van der Waals surface area (Å²) in [5.41, 5.74) is 2.61. The first kappa shape index (κ1) is 16.8. The van der Waals surface area contributed by atoms with Crippen molar-refractivity contribution in [3.63, 3.8) is 0 Å². The van der Waals surface area contributed by atoms with Gasteiger partial charge in [0.2, 0.25) is 0 Å². The summed E-state index contributed by atoms with van der Waals surface area (Å²) in [6, 6.07) is 8.47. The molecule has 3 heteroatoms. The molecule has 0 saturated carbocycles. The molecule has 0 aliphatic heterocycles. The van der Waals surface area contributed by atoms with E-state index in [0.29, 0.717) is 13.0 Å². The van der Waals surface area contributed by atoms with Crippen molar-refractivity contribution in [3.8, 4) is 0 Å². The Bertz CT molecular complexity index is 292. The molecule has 3 nitrogen and oxygen atoms in total. The summed E-state index contributed by atoms with van der Waals surface area (Å²) < 4.78 is 0. The predicted octanol–water partition coefficient (Wildman–Crippen LogP) is 2.10. The predicted molar refractivity (Wildman–Crippen MR) is 75.8 cm³/mol. The van der Waals surface area contributed by atoms with Gasteiger partial charge in [0.15, 0.2) is 0 Å². The van der Waals surface area contributed by atoms with Crippen molar-refractivity contribution in [1.82, 2.24) is 5.32 Å². The van der Waals surface area contributed by atoms with Crippen molar-refractivity contribution in [2.24, 2.45) is 0 Å². The maximum absolute atomic E-state index is 10.0. The third-order valence-corrected chi connectivity index (χ3v) is 2.49. The first-order valence-electron chi connectivity index (χ1n) is 6.49. The van der Waals surface area contributed by atoms with E-state index in [9.17, 15) is 4.79 Å². The fraction of sp³-hybridized carbons (Fsp3) is 0.533. The second-order valence-electron chi connectivity index (χ2n) is 4.23. The van der Waals surface area contributed by atoms with Crippen LogP contribution in [0.5, 0.6) is 0 Å². The van der Waals surface area contributed by atoms with Gasteiger partial charge < -0.3 is 15.2 Å². The summed E-state index contributed by atoms with van der Waals surface area (Å²) in [4.78, 5) is 10.0. The molecule has 0 aliphatic rings. The van der Waals surface area contributed by atoms with Crippen LogP contribution in [0.4, 0.5) is 0 Å². The van der Waals surface area contributed by atoms with Crippen LogP contribution < -0.4 is 5.32 Å². The lowest BCUT2D eigenvalue weighted by molar-refractivity contribution is -0.107. The maximum atomic E-state index is 10.0. The van der Waals surface area contributed by atoms with Gasteiger partial charge in [-0.15, -0.1) is 0 Å². The molecule has 0 saturated heterocycles. The van der Waals surface area contributed by atoms with Gasteiger partial charge in [-0.2, -0.15) is 0 Å². The van der Waals surface area contributed by atoms with Crippen LogP contribution in [-0.4, -0.2) is 31.6 Å². The Balaban J connectivity index is 0.000000411. The van der Waals surface area contributed by atoms with E-state index in [1.54, 1.807) is 0 Å². The maximum Gasteiger partial charge on any atom is 0.120 e. The van der Waals surface area contributed by atoms with Crippen LogP contribution in [0, 0.1) is 6.92 Å². The summed E-state index contributed by atoms with van der Waals surface area (Å²) in [6.45, 7) is 3.28. The molecule has 0 aliphatic carbocycles. The first-order valence-corrected chi connectivity index (χ1v) is 6.49. The van der Waals surface area contributed by atoms with E-state index in [4.69, 9.17) is 5.11 Å². The van der Waals surface area contributed by atoms with Gasteiger partial charge in [-0.1, -0.05) is 29.8 Å². The zero-order valence-electron chi connectivity index (χ0n) is 11.5. The molecule has 0 heterocycles. The number of aliphatic hydroxyl groups excluding tert-OH is 1. The second-order valence-corrected chi connectivity index (χ2v) is 4.23. The molecule has 102 valence electrons. The fourth-order valence-electron chi connectivity index (χ4n) is 1.40. The number of aliphatic hydroxyl groups is 1. The van der Waals surface area contributed by atoms with Crippen LogP contribution >= 0.6 is 0 Å². The largest absolute Gasteiger partial charge is 0.396 e. The number of carbonyl (C=O) groups excluding carboxylic acids is 1. The van der Waals surface area contributed by atoms with Crippen molar-refractivity contribution in [2.75, 3.05) is 20.2 Å². The Hall–Kier alpha value is -1.19. The highest BCUT2D eigenvalue weighted by Crippen LogP contribution is 2.06. The molecule has 2 N–H and O–H groups in total. The molecule has 0 radical (unpaired) electrons. The average Bonchev–Trinajstić information content (AvgIpc) is 2.40. The van der Waals surface area contributed by atoms with E-state index >= 15 is 0 Å². The van der Waals surface area contributed by atoms with Gasteiger partial charge in [0.1, 0.15) is 6.29 Å². The number of nitrogens with one attached hydrogen (secondary N) is 1. The summed E-state index contributed by atoms with van der Waals surface area (Å²) in [6.07, 6.45) is 4.49. The molecule has 0 bridgehead atoms. The molecule has 0 unspecified atom stereocenters. The SMILES string of the molecule is CNCCCO.Cc1ccc(CCCC=O)cc1. The fourth-order valence-corrected chi connectivity index (χ4v) is 1.40. The minimum absolute atomic E-state index is 0.292. The summed E-state index contributed by atoms with van der Waals surface area (Å²) >= 11 is 0. The number of aldehydes is 1. The molecule has 0 aromatic heterocycles. The summed E-state index contributed by atoms with van der Waals surface area (Å²) in [5, 5.41) is 11.1. The number of benzene rings is 1. The standard InChI is InChI=1S/C11H14O.C4H11NO/c1-10-5-7-11(8-6-10)4-2-3-9-12;1-5-3-2-4-6/h5-9H,2-4H2,1H3;5-6H,2-4H2,1H3. The van der Waals surface area contributed by atoms with Gasteiger partial charge in [0.05, 0.1) is 0 Å². The van der Waals surface area contributed by atoms with Crippen LogP contribution in [0.15, 0.2) is 24.3 Å². The molecule has 1 aromatic rings. The van der Waals surface area contributed by atoms with Gasteiger partial charge in [-0.3, -0.25) is 0 Å². The lowest BCUT2D eigenvalue weighted by Gasteiger charge is -1.98. The van der Waals surface area contributed by atoms with Crippen LogP contribution in [-0.2, 0) is 11.2 Å². The van der Waals surface area contributed by atoms with E-state index in [-0.39, 0.29) is 0 Å². The number of unbranched alkanes of at least 4 members (excludes halogenated alkanes) is 1. The summed E-state index contributed by atoms with van der Waals surface area (Å²) in [7, 11) is 1.87. The molecule has 1 rings (SSSR count). The topological polar surface area (TPSA) is 49.3 Å². The Kier molecular flexibility index (Phi) is 11.5. The molecule has 0 amide bonds. The number of carbonyl (C=O) groups is 1. The Labute approximate surface area is 110 Å². The van der Waals surface area contributed by atoms with Crippen molar-refractivity contribution >= 4 is 6.29 Å². The van der Waals surface area contributed by atoms with Crippen LogP contribution in [0.3, 0.4) is 0 Å². The van der Waals surface area contributed by atoms with Crippen LogP contribution in [0.1, 0.15) is 30.4 Å². The molecule has 0 spiro atoms. The van der Waals surface area contributed by atoms with E-state index in [1.807, 2.05) is 7.05 Å². The Morgan fingerprint density at radius 2 is 1.89 bits per heavy atom. The third kappa shape index (κ3) is 10.00. The highest BCUT2D eigenvalue weighted by atomic mass is 16.3.